The fraction of sp³-hybridized carbons (Fsp3) is 0.733. The van der Waals surface area contributed by atoms with Gasteiger partial charge in [-0.1, -0.05) is 0 Å². The maximum absolute atomic E-state index is 12.5. The second-order valence-electron chi connectivity index (χ2n) is 6.23. The van der Waals surface area contributed by atoms with Gasteiger partial charge in [0.05, 0.1) is 10.7 Å². The molecule has 1 aliphatic carbocycles. The molecule has 0 spiro atoms. The van der Waals surface area contributed by atoms with Crippen LogP contribution in [0.4, 0.5) is 0 Å². The van der Waals surface area contributed by atoms with Crippen molar-refractivity contribution in [3.05, 3.63) is 16.1 Å². The van der Waals surface area contributed by atoms with Crippen LogP contribution in [0.25, 0.3) is 0 Å². The lowest BCUT2D eigenvalue weighted by molar-refractivity contribution is -0.137. The fourth-order valence-electron chi connectivity index (χ4n) is 3.34. The van der Waals surface area contributed by atoms with Crippen molar-refractivity contribution in [2.24, 2.45) is 11.7 Å². The van der Waals surface area contributed by atoms with E-state index in [4.69, 9.17) is 5.73 Å². The molecule has 2 N–H and O–H groups in total. The predicted molar refractivity (Wildman–Crippen MR) is 84.0 cm³/mol. The second-order valence-corrected chi connectivity index (χ2v) is 7.29. The SMILES string of the molecule is Cc1nc(CN2CCN(C(=O)[C@H]3CC[C@@H](N)C3)CC2)cs1. The van der Waals surface area contributed by atoms with Gasteiger partial charge >= 0.3 is 0 Å². The Balaban J connectivity index is 1.47. The third-order valence-corrected chi connectivity index (χ3v) is 5.38. The number of nitrogens with two attached hydrogens (primary N) is 1. The van der Waals surface area contributed by atoms with Gasteiger partial charge in [0.15, 0.2) is 0 Å². The molecular formula is C15H24N4OS. The van der Waals surface area contributed by atoms with Crippen molar-refractivity contribution in [2.75, 3.05) is 26.2 Å². The minimum atomic E-state index is 0.174. The summed E-state index contributed by atoms with van der Waals surface area (Å²) in [5, 5.41) is 3.25. The van der Waals surface area contributed by atoms with E-state index in [0.717, 1.165) is 62.7 Å². The van der Waals surface area contributed by atoms with Crippen LogP contribution in [0, 0.1) is 12.8 Å². The summed E-state index contributed by atoms with van der Waals surface area (Å²) in [7, 11) is 0. The van der Waals surface area contributed by atoms with E-state index in [1.54, 1.807) is 11.3 Å². The highest BCUT2D eigenvalue weighted by molar-refractivity contribution is 7.09. The molecule has 1 aliphatic heterocycles. The summed E-state index contributed by atoms with van der Waals surface area (Å²) >= 11 is 1.70. The first-order valence-corrected chi connectivity index (χ1v) is 8.67. The first-order chi connectivity index (χ1) is 10.1. The van der Waals surface area contributed by atoms with Gasteiger partial charge in [-0.15, -0.1) is 11.3 Å². The van der Waals surface area contributed by atoms with Crippen molar-refractivity contribution in [3.8, 4) is 0 Å². The molecular weight excluding hydrogens is 284 g/mol. The number of thiazole rings is 1. The maximum Gasteiger partial charge on any atom is 0.225 e. The van der Waals surface area contributed by atoms with E-state index in [9.17, 15) is 4.79 Å². The molecule has 6 heteroatoms. The molecule has 1 aromatic heterocycles. The Labute approximate surface area is 130 Å². The van der Waals surface area contributed by atoms with Gasteiger partial charge < -0.3 is 10.6 Å². The molecule has 2 atom stereocenters. The lowest BCUT2D eigenvalue weighted by Crippen LogP contribution is -2.49. The average Bonchev–Trinajstić information content (AvgIpc) is 3.08. The van der Waals surface area contributed by atoms with Gasteiger partial charge in [0.1, 0.15) is 0 Å². The van der Waals surface area contributed by atoms with E-state index in [-0.39, 0.29) is 12.0 Å². The van der Waals surface area contributed by atoms with Crippen LogP contribution in [-0.2, 0) is 11.3 Å². The van der Waals surface area contributed by atoms with Crippen molar-refractivity contribution in [2.45, 2.75) is 38.8 Å². The normalized spacial score (nSPS) is 27.2. The number of nitrogens with zero attached hydrogens (tertiary/aromatic N) is 3. The lowest BCUT2D eigenvalue weighted by atomic mass is 10.1. The molecule has 2 heterocycles. The zero-order valence-corrected chi connectivity index (χ0v) is 13.4. The first-order valence-electron chi connectivity index (χ1n) is 7.79. The number of aryl methyl sites for hydroxylation is 1. The maximum atomic E-state index is 12.5. The Hall–Kier alpha value is -0.980. The van der Waals surface area contributed by atoms with Gasteiger partial charge in [0.25, 0.3) is 0 Å². The summed E-state index contributed by atoms with van der Waals surface area (Å²) < 4.78 is 0. The van der Waals surface area contributed by atoms with Gasteiger partial charge in [-0.3, -0.25) is 9.69 Å². The third-order valence-electron chi connectivity index (χ3n) is 4.56. The molecule has 1 saturated heterocycles. The van der Waals surface area contributed by atoms with Crippen LogP contribution >= 0.6 is 11.3 Å². The fourth-order valence-corrected chi connectivity index (χ4v) is 3.94. The van der Waals surface area contributed by atoms with Crippen LogP contribution < -0.4 is 5.73 Å². The van der Waals surface area contributed by atoms with Crippen molar-refractivity contribution in [3.63, 3.8) is 0 Å². The zero-order chi connectivity index (χ0) is 14.8. The van der Waals surface area contributed by atoms with Gasteiger partial charge in [-0.2, -0.15) is 0 Å². The van der Waals surface area contributed by atoms with Crippen molar-refractivity contribution >= 4 is 17.2 Å². The molecule has 0 radical (unpaired) electrons. The van der Waals surface area contributed by atoms with E-state index in [0.29, 0.717) is 5.91 Å². The van der Waals surface area contributed by atoms with E-state index in [2.05, 4.69) is 15.3 Å². The van der Waals surface area contributed by atoms with Crippen LogP contribution in [-0.4, -0.2) is 52.9 Å². The number of hydrogen-bond acceptors (Lipinski definition) is 5. The van der Waals surface area contributed by atoms with Gasteiger partial charge in [0, 0.05) is 50.1 Å². The smallest absolute Gasteiger partial charge is 0.225 e. The molecule has 3 rings (SSSR count). The van der Waals surface area contributed by atoms with E-state index in [1.165, 1.54) is 0 Å². The standard InChI is InChI=1S/C15H24N4OS/c1-11-17-14(10-21-11)9-18-4-6-19(7-5-18)15(20)12-2-3-13(16)8-12/h10,12-13H,2-9,16H2,1H3/t12-,13+/m0/s1. The number of carbonyl (C=O) groups excluding carboxylic acids is 1. The van der Waals surface area contributed by atoms with E-state index < -0.39 is 0 Å². The number of piperazine rings is 1. The Bertz CT molecular complexity index is 496. The minimum Gasteiger partial charge on any atom is -0.340 e. The molecule has 5 nitrogen and oxygen atoms in total. The molecule has 0 bridgehead atoms. The van der Waals surface area contributed by atoms with Crippen molar-refractivity contribution in [1.82, 2.24) is 14.8 Å². The summed E-state index contributed by atoms with van der Waals surface area (Å²) in [4.78, 5) is 21.4. The number of carbonyl (C=O) groups is 1. The largest absolute Gasteiger partial charge is 0.340 e. The van der Waals surface area contributed by atoms with E-state index >= 15 is 0 Å². The summed E-state index contributed by atoms with van der Waals surface area (Å²) in [6, 6.07) is 0.230. The van der Waals surface area contributed by atoms with Crippen LogP contribution in [0.3, 0.4) is 0 Å². The van der Waals surface area contributed by atoms with Gasteiger partial charge in [-0.25, -0.2) is 4.98 Å². The highest BCUT2D eigenvalue weighted by Crippen LogP contribution is 2.26. The molecule has 21 heavy (non-hydrogen) atoms. The highest BCUT2D eigenvalue weighted by atomic mass is 32.1. The Morgan fingerprint density at radius 3 is 2.71 bits per heavy atom. The molecule has 1 amide bonds. The van der Waals surface area contributed by atoms with Crippen molar-refractivity contribution < 1.29 is 4.79 Å². The van der Waals surface area contributed by atoms with Crippen LogP contribution in [0.1, 0.15) is 30.0 Å². The monoisotopic (exact) mass is 308 g/mol. The molecule has 1 aromatic rings. The summed E-state index contributed by atoms with van der Waals surface area (Å²) in [5.74, 6) is 0.500. The number of rotatable bonds is 3. The van der Waals surface area contributed by atoms with Crippen molar-refractivity contribution in [1.29, 1.82) is 0 Å². The molecule has 0 aromatic carbocycles. The predicted octanol–water partition coefficient (Wildman–Crippen LogP) is 1.22. The number of amides is 1. The molecule has 116 valence electrons. The molecule has 0 unspecified atom stereocenters. The Morgan fingerprint density at radius 1 is 1.38 bits per heavy atom. The summed E-state index contributed by atoms with van der Waals surface area (Å²) in [6.45, 7) is 6.52. The minimum absolute atomic E-state index is 0.174. The Morgan fingerprint density at radius 2 is 2.14 bits per heavy atom. The number of hydrogen-bond donors (Lipinski definition) is 1. The quantitative estimate of drug-likeness (QED) is 0.912. The van der Waals surface area contributed by atoms with Gasteiger partial charge in [-0.05, 0) is 26.2 Å². The van der Waals surface area contributed by atoms with E-state index in [1.807, 2.05) is 11.8 Å². The Kier molecular flexibility index (Phi) is 4.57. The highest BCUT2D eigenvalue weighted by Gasteiger charge is 2.32. The van der Waals surface area contributed by atoms with Crippen LogP contribution in [0.15, 0.2) is 5.38 Å². The van der Waals surface area contributed by atoms with Crippen LogP contribution in [0.2, 0.25) is 0 Å². The lowest BCUT2D eigenvalue weighted by Gasteiger charge is -2.35. The molecule has 2 fully saturated rings. The summed E-state index contributed by atoms with van der Waals surface area (Å²) in [6.07, 6.45) is 2.84. The molecule has 2 aliphatic rings. The van der Waals surface area contributed by atoms with Gasteiger partial charge in [0.2, 0.25) is 5.91 Å². The number of aromatic nitrogens is 1. The summed E-state index contributed by atoms with van der Waals surface area (Å²) in [5.41, 5.74) is 7.07. The average molecular weight is 308 g/mol. The van der Waals surface area contributed by atoms with Crippen LogP contribution in [0.5, 0.6) is 0 Å². The second kappa shape index (κ2) is 6.42. The third kappa shape index (κ3) is 3.62. The topological polar surface area (TPSA) is 62.5 Å². The first kappa shape index (κ1) is 14.9. The zero-order valence-electron chi connectivity index (χ0n) is 12.6. The molecule has 1 saturated carbocycles.